The van der Waals surface area contributed by atoms with Gasteiger partial charge in [-0.2, -0.15) is 5.26 Å². The molecule has 196 valence electrons. The summed E-state index contributed by atoms with van der Waals surface area (Å²) in [5.41, 5.74) is 0.796. The van der Waals surface area contributed by atoms with Gasteiger partial charge in [-0.15, -0.1) is 0 Å². The first-order valence-corrected chi connectivity index (χ1v) is 13.6. The van der Waals surface area contributed by atoms with E-state index in [0.29, 0.717) is 30.6 Å². The van der Waals surface area contributed by atoms with E-state index in [-0.39, 0.29) is 36.0 Å². The van der Waals surface area contributed by atoms with E-state index >= 15 is 0 Å². The summed E-state index contributed by atoms with van der Waals surface area (Å²) >= 11 is 0. The van der Waals surface area contributed by atoms with Crippen molar-refractivity contribution in [3.63, 3.8) is 0 Å². The number of nitrogens with one attached hydrogen (secondary N) is 2. The summed E-state index contributed by atoms with van der Waals surface area (Å²) in [6, 6.07) is 15.3. The van der Waals surface area contributed by atoms with Gasteiger partial charge in [-0.3, -0.25) is 14.4 Å². The Labute approximate surface area is 222 Å². The van der Waals surface area contributed by atoms with Gasteiger partial charge in [0.1, 0.15) is 12.1 Å². The minimum absolute atomic E-state index is 0.0215. The Balaban J connectivity index is 1.30. The number of nitriles is 1. The quantitative estimate of drug-likeness (QED) is 0.568. The second-order valence-corrected chi connectivity index (χ2v) is 11.1. The predicted molar refractivity (Wildman–Crippen MR) is 139 cm³/mol. The molecular formula is C30H32N4O4. The predicted octanol–water partition coefficient (Wildman–Crippen LogP) is 2.45. The van der Waals surface area contributed by atoms with E-state index in [1.807, 2.05) is 36.4 Å². The molecule has 4 aliphatic rings. The Kier molecular flexibility index (Phi) is 6.19. The summed E-state index contributed by atoms with van der Waals surface area (Å²) in [5.74, 6) is -1.12. The van der Waals surface area contributed by atoms with Crippen LogP contribution in [0.3, 0.4) is 0 Å². The summed E-state index contributed by atoms with van der Waals surface area (Å²) in [6.07, 6.45) is 4.51. The Morgan fingerprint density at radius 3 is 2.42 bits per heavy atom. The first kappa shape index (κ1) is 24.6. The number of likely N-dealkylation sites (tertiary alicyclic amines) is 1. The molecule has 0 aromatic heterocycles. The number of hydrogen-bond donors (Lipinski definition) is 3. The van der Waals surface area contributed by atoms with Gasteiger partial charge < -0.3 is 20.6 Å². The third-order valence-electron chi connectivity index (χ3n) is 9.05. The van der Waals surface area contributed by atoms with Crippen LogP contribution in [-0.4, -0.2) is 52.9 Å². The van der Waals surface area contributed by atoms with Crippen LogP contribution in [0.1, 0.15) is 49.7 Å². The number of aliphatic hydroxyl groups is 1. The molecule has 5 atom stereocenters. The number of amides is 3. The highest BCUT2D eigenvalue weighted by Crippen LogP contribution is 2.50. The van der Waals surface area contributed by atoms with E-state index in [4.69, 9.17) is 0 Å². The van der Waals surface area contributed by atoms with Crippen LogP contribution in [0.4, 0.5) is 0 Å². The number of piperidine rings is 1. The maximum absolute atomic E-state index is 14.3. The van der Waals surface area contributed by atoms with Crippen molar-refractivity contribution >= 4 is 17.7 Å². The largest absolute Gasteiger partial charge is 0.372 e. The minimum Gasteiger partial charge on any atom is -0.372 e. The number of benzene rings is 2. The molecule has 2 aromatic rings. The Morgan fingerprint density at radius 2 is 1.76 bits per heavy atom. The minimum atomic E-state index is -1.89. The molecule has 0 radical (unpaired) electrons. The van der Waals surface area contributed by atoms with Crippen LogP contribution in [0.2, 0.25) is 0 Å². The fourth-order valence-electron chi connectivity index (χ4n) is 7.25. The van der Waals surface area contributed by atoms with Gasteiger partial charge in [-0.05, 0) is 55.1 Å². The molecule has 1 saturated carbocycles. The fourth-order valence-corrected chi connectivity index (χ4v) is 7.25. The van der Waals surface area contributed by atoms with Crippen molar-refractivity contribution in [2.24, 2.45) is 17.8 Å². The van der Waals surface area contributed by atoms with Crippen LogP contribution in [0.25, 0.3) is 11.1 Å². The molecule has 6 rings (SSSR count). The Bertz CT molecular complexity index is 1290. The van der Waals surface area contributed by atoms with Crippen LogP contribution in [0, 0.1) is 29.1 Å². The molecule has 3 amide bonds. The van der Waals surface area contributed by atoms with Crippen molar-refractivity contribution < 1.29 is 19.5 Å². The molecule has 2 aliphatic carbocycles. The Morgan fingerprint density at radius 1 is 1.08 bits per heavy atom. The summed E-state index contributed by atoms with van der Waals surface area (Å²) in [5, 5.41) is 27.6. The normalized spacial score (nSPS) is 27.5. The number of hydrogen-bond acceptors (Lipinski definition) is 5. The van der Waals surface area contributed by atoms with Gasteiger partial charge in [0.25, 0.3) is 5.91 Å². The van der Waals surface area contributed by atoms with Crippen molar-refractivity contribution in [3.05, 3.63) is 59.7 Å². The fraction of sp³-hybridized carbons (Fsp3) is 0.467. The van der Waals surface area contributed by atoms with Gasteiger partial charge in [0.2, 0.25) is 11.8 Å². The molecule has 8 nitrogen and oxygen atoms in total. The lowest BCUT2D eigenvalue weighted by molar-refractivity contribution is -0.152. The lowest BCUT2D eigenvalue weighted by Crippen LogP contribution is -2.55. The van der Waals surface area contributed by atoms with Crippen LogP contribution in [-0.2, 0) is 20.0 Å². The SMILES string of the molecule is N#C[C@@H](C[C@H]1CCCNC1=O)NC(=O)[C@@H]1[C@@H]2CCC[C@@H]2CN1C(=O)C1(O)c2ccccc2-c2ccccc21. The highest BCUT2D eigenvalue weighted by atomic mass is 16.3. The van der Waals surface area contributed by atoms with Crippen molar-refractivity contribution in [3.8, 4) is 17.2 Å². The average Bonchev–Trinajstić information content (AvgIpc) is 3.61. The zero-order valence-electron chi connectivity index (χ0n) is 21.2. The number of carbonyl (C=O) groups excluding carboxylic acids is 3. The van der Waals surface area contributed by atoms with E-state index in [2.05, 4.69) is 16.7 Å². The van der Waals surface area contributed by atoms with Crippen molar-refractivity contribution in [1.82, 2.24) is 15.5 Å². The van der Waals surface area contributed by atoms with Crippen molar-refractivity contribution in [2.45, 2.75) is 56.2 Å². The van der Waals surface area contributed by atoms with Gasteiger partial charge in [-0.1, -0.05) is 55.0 Å². The second-order valence-electron chi connectivity index (χ2n) is 11.1. The summed E-state index contributed by atoms with van der Waals surface area (Å²) in [6.45, 7) is 1.03. The molecule has 0 bridgehead atoms. The van der Waals surface area contributed by atoms with Gasteiger partial charge in [0.15, 0.2) is 5.60 Å². The highest BCUT2D eigenvalue weighted by Gasteiger charge is 2.56. The highest BCUT2D eigenvalue weighted by molar-refractivity contribution is 6.01. The summed E-state index contributed by atoms with van der Waals surface area (Å²) < 4.78 is 0. The standard InChI is InChI=1S/C30H32N4O4/c31-16-20(15-18-8-6-14-32-27(18)35)33-28(36)26-21-11-5-7-19(21)17-34(26)29(37)30(38)24-12-3-1-9-22(24)23-10-2-4-13-25(23)30/h1-4,9-10,12-13,18-21,26,38H,5-8,11,14-15,17H2,(H,32,35)(H,33,36)/t18-,19-,20-,21-,26+/m1/s1. The summed E-state index contributed by atoms with van der Waals surface area (Å²) in [7, 11) is 0. The van der Waals surface area contributed by atoms with Crippen LogP contribution >= 0.6 is 0 Å². The summed E-state index contributed by atoms with van der Waals surface area (Å²) in [4.78, 5) is 41.9. The first-order valence-electron chi connectivity index (χ1n) is 13.6. The van der Waals surface area contributed by atoms with Gasteiger partial charge in [-0.25, -0.2) is 0 Å². The van der Waals surface area contributed by atoms with Crippen molar-refractivity contribution in [2.75, 3.05) is 13.1 Å². The molecule has 38 heavy (non-hydrogen) atoms. The molecule has 8 heteroatoms. The zero-order chi connectivity index (χ0) is 26.4. The maximum Gasteiger partial charge on any atom is 0.264 e. The van der Waals surface area contributed by atoms with E-state index in [9.17, 15) is 24.8 Å². The van der Waals surface area contributed by atoms with E-state index in [0.717, 1.165) is 36.8 Å². The molecule has 0 spiro atoms. The monoisotopic (exact) mass is 512 g/mol. The first-order chi connectivity index (χ1) is 18.4. The van der Waals surface area contributed by atoms with E-state index in [1.54, 1.807) is 17.0 Å². The van der Waals surface area contributed by atoms with Gasteiger partial charge >= 0.3 is 0 Å². The van der Waals surface area contributed by atoms with Gasteiger partial charge in [0, 0.05) is 30.1 Å². The smallest absolute Gasteiger partial charge is 0.264 e. The molecule has 2 aliphatic heterocycles. The molecule has 2 aromatic carbocycles. The third kappa shape index (κ3) is 3.80. The Hall–Kier alpha value is -3.70. The maximum atomic E-state index is 14.3. The molecule has 2 heterocycles. The number of nitrogens with zero attached hydrogens (tertiary/aromatic N) is 2. The molecule has 3 N–H and O–H groups in total. The van der Waals surface area contributed by atoms with E-state index in [1.165, 1.54) is 0 Å². The number of rotatable bonds is 5. The third-order valence-corrected chi connectivity index (χ3v) is 9.05. The molecule has 2 saturated heterocycles. The molecule has 3 fully saturated rings. The topological polar surface area (TPSA) is 123 Å². The second kappa shape index (κ2) is 9.55. The molecular weight excluding hydrogens is 480 g/mol. The van der Waals surface area contributed by atoms with Crippen LogP contribution < -0.4 is 10.6 Å². The lowest BCUT2D eigenvalue weighted by atomic mass is 9.88. The van der Waals surface area contributed by atoms with Crippen LogP contribution in [0.15, 0.2) is 48.5 Å². The van der Waals surface area contributed by atoms with Crippen LogP contribution in [0.5, 0.6) is 0 Å². The number of fused-ring (bicyclic) bond motifs is 4. The average molecular weight is 513 g/mol. The van der Waals surface area contributed by atoms with Crippen molar-refractivity contribution in [1.29, 1.82) is 5.26 Å². The van der Waals surface area contributed by atoms with E-state index < -0.39 is 23.6 Å². The van der Waals surface area contributed by atoms with Gasteiger partial charge in [0.05, 0.1) is 6.07 Å². The molecule has 0 unspecified atom stereocenters. The zero-order valence-corrected chi connectivity index (χ0v) is 21.2. The lowest BCUT2D eigenvalue weighted by Gasteiger charge is -2.34. The number of carbonyl (C=O) groups is 3.